The minimum Gasteiger partial charge on any atom is -0.378 e. The van der Waals surface area contributed by atoms with Crippen molar-refractivity contribution in [2.45, 2.75) is 25.9 Å². The van der Waals surface area contributed by atoms with E-state index in [-0.39, 0.29) is 16.8 Å². The molecule has 4 nitrogen and oxygen atoms in total. The van der Waals surface area contributed by atoms with Gasteiger partial charge in [0.25, 0.3) is 5.91 Å². The minimum absolute atomic E-state index is 0.00798. The second kappa shape index (κ2) is 6.30. The highest BCUT2D eigenvalue weighted by molar-refractivity contribution is 6.32. The van der Waals surface area contributed by atoms with Crippen LogP contribution in [0, 0.1) is 11.7 Å². The zero-order valence-electron chi connectivity index (χ0n) is 10.7. The van der Waals surface area contributed by atoms with Crippen LogP contribution in [0.4, 0.5) is 4.39 Å². The molecule has 2 rings (SSSR count). The summed E-state index contributed by atoms with van der Waals surface area (Å²) in [5.41, 5.74) is 0.0635. The fraction of sp³-hybridized carbons (Fsp3) is 0.538. The van der Waals surface area contributed by atoms with E-state index in [1.807, 2.05) is 0 Å². The highest BCUT2D eigenvalue weighted by Gasteiger charge is 2.27. The Bertz CT molecular complexity index is 470. The number of amides is 1. The quantitative estimate of drug-likeness (QED) is 0.865. The number of hydrogen-bond acceptors (Lipinski definition) is 3. The van der Waals surface area contributed by atoms with Gasteiger partial charge in [-0.2, -0.15) is 0 Å². The second-order valence-electron chi connectivity index (χ2n) is 4.57. The molecule has 2 unspecified atom stereocenters. The van der Waals surface area contributed by atoms with Gasteiger partial charge in [-0.3, -0.25) is 4.79 Å². The lowest BCUT2D eigenvalue weighted by molar-refractivity contribution is 0.0826. The van der Waals surface area contributed by atoms with Gasteiger partial charge in [0.15, 0.2) is 0 Å². The molecule has 0 bridgehead atoms. The third-order valence-electron chi connectivity index (χ3n) is 3.32. The average Bonchev–Trinajstić information content (AvgIpc) is 2.86. The second-order valence-corrected chi connectivity index (χ2v) is 4.93. The zero-order chi connectivity index (χ0) is 13.8. The van der Waals surface area contributed by atoms with Crippen LogP contribution in [-0.4, -0.2) is 30.1 Å². The van der Waals surface area contributed by atoms with Crippen molar-refractivity contribution < 1.29 is 13.9 Å². The van der Waals surface area contributed by atoms with E-state index in [1.54, 1.807) is 0 Å². The molecule has 2 heterocycles. The van der Waals surface area contributed by atoms with Crippen LogP contribution < -0.4 is 5.32 Å². The molecule has 1 N–H and O–H groups in total. The van der Waals surface area contributed by atoms with E-state index >= 15 is 0 Å². The van der Waals surface area contributed by atoms with Crippen LogP contribution >= 0.6 is 11.6 Å². The molecule has 6 heteroatoms. The Kier molecular flexibility index (Phi) is 4.71. The summed E-state index contributed by atoms with van der Waals surface area (Å²) in [6.45, 7) is 3.28. The Morgan fingerprint density at radius 3 is 3.21 bits per heavy atom. The van der Waals surface area contributed by atoms with Crippen molar-refractivity contribution in [2.75, 3.05) is 13.2 Å². The lowest BCUT2D eigenvalue weighted by atomic mass is 9.99. The van der Waals surface area contributed by atoms with Crippen molar-refractivity contribution in [2.24, 2.45) is 5.92 Å². The van der Waals surface area contributed by atoms with E-state index in [9.17, 15) is 9.18 Å². The first kappa shape index (κ1) is 14.2. The predicted octanol–water partition coefficient (Wildman–Crippen LogP) is 2.42. The van der Waals surface area contributed by atoms with Crippen LogP contribution in [0.3, 0.4) is 0 Å². The molecule has 19 heavy (non-hydrogen) atoms. The third kappa shape index (κ3) is 3.42. The first-order valence-corrected chi connectivity index (χ1v) is 6.70. The number of halogens is 2. The largest absolute Gasteiger partial charge is 0.378 e. The summed E-state index contributed by atoms with van der Waals surface area (Å²) in [4.78, 5) is 15.5. The van der Waals surface area contributed by atoms with E-state index in [0.29, 0.717) is 12.5 Å². The molecule has 2 atom stereocenters. The van der Waals surface area contributed by atoms with Crippen LogP contribution in [-0.2, 0) is 4.74 Å². The molecule has 1 aliphatic heterocycles. The van der Waals surface area contributed by atoms with E-state index < -0.39 is 11.7 Å². The molecule has 1 aromatic rings. The standard InChI is InChI=1S/C13H16ClFN2O2/c1-2-11-8(3-4-19-11)6-17-13(18)10-5-9(15)7-16-12(10)14/h5,7-8,11H,2-4,6H2,1H3,(H,17,18). The number of hydrogen-bond donors (Lipinski definition) is 1. The number of nitrogens with zero attached hydrogens (tertiary/aromatic N) is 1. The number of nitrogens with one attached hydrogen (secondary N) is 1. The molecule has 1 amide bonds. The molecule has 1 aliphatic rings. The monoisotopic (exact) mass is 286 g/mol. The fourth-order valence-electron chi connectivity index (χ4n) is 2.28. The van der Waals surface area contributed by atoms with Crippen LogP contribution in [0.5, 0.6) is 0 Å². The zero-order valence-corrected chi connectivity index (χ0v) is 11.4. The number of pyridine rings is 1. The lowest BCUT2D eigenvalue weighted by Crippen LogP contribution is -2.33. The van der Waals surface area contributed by atoms with Gasteiger partial charge in [-0.15, -0.1) is 0 Å². The van der Waals surface area contributed by atoms with Crippen molar-refractivity contribution in [1.82, 2.24) is 10.3 Å². The summed E-state index contributed by atoms with van der Waals surface area (Å²) in [5, 5.41) is 2.77. The van der Waals surface area contributed by atoms with Gasteiger partial charge in [0, 0.05) is 19.1 Å². The van der Waals surface area contributed by atoms with Crippen LogP contribution in [0.25, 0.3) is 0 Å². The van der Waals surface area contributed by atoms with Gasteiger partial charge in [0.2, 0.25) is 0 Å². The van der Waals surface area contributed by atoms with Crippen LogP contribution in [0.15, 0.2) is 12.3 Å². The maximum Gasteiger partial charge on any atom is 0.254 e. The Morgan fingerprint density at radius 1 is 1.68 bits per heavy atom. The van der Waals surface area contributed by atoms with Gasteiger partial charge in [-0.1, -0.05) is 18.5 Å². The Hall–Kier alpha value is -1.20. The molecular weight excluding hydrogens is 271 g/mol. The van der Waals surface area contributed by atoms with E-state index in [4.69, 9.17) is 16.3 Å². The van der Waals surface area contributed by atoms with E-state index in [0.717, 1.165) is 31.7 Å². The first-order chi connectivity index (χ1) is 9.11. The van der Waals surface area contributed by atoms with Crippen molar-refractivity contribution in [3.8, 4) is 0 Å². The Balaban J connectivity index is 1.96. The van der Waals surface area contributed by atoms with Crippen molar-refractivity contribution in [1.29, 1.82) is 0 Å². The first-order valence-electron chi connectivity index (χ1n) is 6.32. The van der Waals surface area contributed by atoms with Gasteiger partial charge < -0.3 is 10.1 Å². The summed E-state index contributed by atoms with van der Waals surface area (Å²) in [6, 6.07) is 1.09. The van der Waals surface area contributed by atoms with Crippen molar-refractivity contribution >= 4 is 17.5 Å². The number of aromatic nitrogens is 1. The molecule has 1 saturated heterocycles. The third-order valence-corrected chi connectivity index (χ3v) is 3.63. The summed E-state index contributed by atoms with van der Waals surface area (Å²) in [7, 11) is 0. The molecule has 0 aromatic carbocycles. The van der Waals surface area contributed by atoms with Gasteiger partial charge in [-0.25, -0.2) is 9.37 Å². The number of carbonyl (C=O) groups excluding carboxylic acids is 1. The Morgan fingerprint density at radius 2 is 2.47 bits per heavy atom. The molecule has 0 saturated carbocycles. The molecule has 0 aliphatic carbocycles. The molecule has 0 spiro atoms. The number of ether oxygens (including phenoxy) is 1. The molecule has 1 fully saturated rings. The lowest BCUT2D eigenvalue weighted by Gasteiger charge is -2.17. The van der Waals surface area contributed by atoms with Gasteiger partial charge in [0.1, 0.15) is 11.0 Å². The van der Waals surface area contributed by atoms with E-state index in [1.165, 1.54) is 0 Å². The fourth-order valence-corrected chi connectivity index (χ4v) is 2.47. The highest BCUT2D eigenvalue weighted by atomic mass is 35.5. The number of carbonyl (C=O) groups is 1. The minimum atomic E-state index is -0.579. The van der Waals surface area contributed by atoms with Gasteiger partial charge in [0.05, 0.1) is 17.9 Å². The topological polar surface area (TPSA) is 51.2 Å². The number of rotatable bonds is 4. The predicted molar refractivity (Wildman–Crippen MR) is 69.7 cm³/mol. The Labute approximate surface area is 116 Å². The van der Waals surface area contributed by atoms with Crippen molar-refractivity contribution in [3.63, 3.8) is 0 Å². The van der Waals surface area contributed by atoms with E-state index in [2.05, 4.69) is 17.2 Å². The molecule has 1 aromatic heterocycles. The SMILES string of the molecule is CCC1OCCC1CNC(=O)c1cc(F)cnc1Cl. The highest BCUT2D eigenvalue weighted by Crippen LogP contribution is 2.22. The summed E-state index contributed by atoms with van der Waals surface area (Å²) < 4.78 is 18.6. The molecular formula is C13H16ClFN2O2. The average molecular weight is 287 g/mol. The van der Waals surface area contributed by atoms with Gasteiger partial charge >= 0.3 is 0 Å². The molecule has 104 valence electrons. The van der Waals surface area contributed by atoms with Crippen LogP contribution in [0.2, 0.25) is 5.15 Å². The van der Waals surface area contributed by atoms with Crippen LogP contribution in [0.1, 0.15) is 30.1 Å². The van der Waals surface area contributed by atoms with Crippen molar-refractivity contribution in [3.05, 3.63) is 28.8 Å². The molecule has 0 radical (unpaired) electrons. The smallest absolute Gasteiger partial charge is 0.254 e. The van der Waals surface area contributed by atoms with Gasteiger partial charge in [-0.05, 0) is 18.9 Å². The summed E-state index contributed by atoms with van der Waals surface area (Å²) in [6.07, 6.45) is 3.01. The summed E-state index contributed by atoms with van der Waals surface area (Å²) >= 11 is 5.78. The summed E-state index contributed by atoms with van der Waals surface area (Å²) in [5.74, 6) is -0.682. The normalized spacial score (nSPS) is 22.5. The maximum atomic E-state index is 13.0. The maximum absolute atomic E-state index is 13.0.